The van der Waals surface area contributed by atoms with Crippen LogP contribution in [0, 0.1) is 6.92 Å². The first kappa shape index (κ1) is 14.1. The summed E-state index contributed by atoms with van der Waals surface area (Å²) < 4.78 is 0. The van der Waals surface area contributed by atoms with Gasteiger partial charge in [-0.05, 0) is 72.7 Å². The quantitative estimate of drug-likeness (QED) is 0.589. The highest BCUT2D eigenvalue weighted by molar-refractivity contribution is 5.84. The van der Waals surface area contributed by atoms with Crippen LogP contribution in [0.5, 0.6) is 0 Å². The zero-order valence-electron chi connectivity index (χ0n) is 14.0. The van der Waals surface area contributed by atoms with Gasteiger partial charge >= 0.3 is 0 Å². The van der Waals surface area contributed by atoms with Crippen molar-refractivity contribution in [2.24, 2.45) is 0 Å². The minimum atomic E-state index is 0.105. The molecular weight excluding hydrogens is 252 g/mol. The van der Waals surface area contributed by atoms with Gasteiger partial charge in [-0.25, -0.2) is 0 Å². The smallest absolute Gasteiger partial charge is 0.0158 e. The molecule has 0 radical (unpaired) electrons. The van der Waals surface area contributed by atoms with Gasteiger partial charge in [0.15, 0.2) is 0 Å². The summed E-state index contributed by atoms with van der Waals surface area (Å²) in [5, 5.41) is 0. The molecule has 2 aromatic carbocycles. The summed E-state index contributed by atoms with van der Waals surface area (Å²) in [4.78, 5) is 0. The number of aryl methyl sites for hydroxylation is 1. The number of fused-ring (bicyclic) bond motifs is 3. The molecule has 0 unspecified atom stereocenters. The second-order valence-electron chi connectivity index (χ2n) is 7.01. The summed E-state index contributed by atoms with van der Waals surface area (Å²) in [6.07, 6.45) is 0. The molecule has 0 saturated carbocycles. The predicted molar refractivity (Wildman–Crippen MR) is 92.7 cm³/mol. The molecule has 21 heavy (non-hydrogen) atoms. The monoisotopic (exact) mass is 276 g/mol. The Bertz CT molecular complexity index is 754. The third-order valence-corrected chi connectivity index (χ3v) is 5.08. The Morgan fingerprint density at radius 2 is 1.52 bits per heavy atom. The number of rotatable bonds is 1. The average Bonchev–Trinajstić information content (AvgIpc) is 2.66. The van der Waals surface area contributed by atoms with Crippen molar-refractivity contribution in [3.05, 3.63) is 64.2 Å². The molecule has 1 aliphatic rings. The lowest BCUT2D eigenvalue weighted by molar-refractivity contribution is 0.659. The highest BCUT2D eigenvalue weighted by atomic mass is 14.4. The Balaban J connectivity index is 2.34. The highest BCUT2D eigenvalue weighted by Gasteiger charge is 2.35. The summed E-state index contributed by atoms with van der Waals surface area (Å²) in [6.45, 7) is 13.5. The van der Waals surface area contributed by atoms with Gasteiger partial charge in [0, 0.05) is 5.41 Å². The molecule has 3 rings (SSSR count). The Morgan fingerprint density at radius 3 is 2.19 bits per heavy atom. The van der Waals surface area contributed by atoms with Gasteiger partial charge in [-0.3, -0.25) is 0 Å². The van der Waals surface area contributed by atoms with Crippen LogP contribution >= 0.6 is 0 Å². The fourth-order valence-corrected chi connectivity index (χ4v) is 3.53. The van der Waals surface area contributed by atoms with Crippen molar-refractivity contribution >= 4 is 5.57 Å². The molecule has 1 aliphatic carbocycles. The number of hydrogen-bond acceptors (Lipinski definition) is 0. The Labute approximate surface area is 128 Å². The van der Waals surface area contributed by atoms with Crippen molar-refractivity contribution in [2.45, 2.75) is 47.0 Å². The van der Waals surface area contributed by atoms with Crippen molar-refractivity contribution in [3.8, 4) is 11.1 Å². The maximum absolute atomic E-state index is 2.40. The topological polar surface area (TPSA) is 0 Å². The molecule has 0 heterocycles. The number of hydrogen-bond donors (Lipinski definition) is 0. The molecule has 2 aromatic rings. The van der Waals surface area contributed by atoms with Gasteiger partial charge in [-0.2, -0.15) is 0 Å². The van der Waals surface area contributed by atoms with Crippen LogP contribution in [0.4, 0.5) is 0 Å². The van der Waals surface area contributed by atoms with E-state index in [0.29, 0.717) is 0 Å². The van der Waals surface area contributed by atoms with Crippen LogP contribution in [0.1, 0.15) is 56.9 Å². The van der Waals surface area contributed by atoms with Gasteiger partial charge in [0.1, 0.15) is 0 Å². The molecule has 0 fully saturated rings. The van der Waals surface area contributed by atoms with Crippen molar-refractivity contribution in [3.63, 3.8) is 0 Å². The first-order chi connectivity index (χ1) is 9.84. The van der Waals surface area contributed by atoms with Crippen LogP contribution in [0.3, 0.4) is 0 Å². The van der Waals surface area contributed by atoms with Gasteiger partial charge in [0.25, 0.3) is 0 Å². The van der Waals surface area contributed by atoms with Gasteiger partial charge < -0.3 is 0 Å². The lowest BCUT2D eigenvalue weighted by atomic mass is 9.81. The van der Waals surface area contributed by atoms with E-state index in [1.807, 2.05) is 0 Å². The number of benzene rings is 2. The van der Waals surface area contributed by atoms with E-state index < -0.39 is 0 Å². The summed E-state index contributed by atoms with van der Waals surface area (Å²) in [5.74, 6) is 0. The Kier molecular flexibility index (Phi) is 3.09. The van der Waals surface area contributed by atoms with E-state index in [9.17, 15) is 0 Å². The van der Waals surface area contributed by atoms with Gasteiger partial charge in [0.05, 0.1) is 0 Å². The highest BCUT2D eigenvalue weighted by Crippen LogP contribution is 2.49. The van der Waals surface area contributed by atoms with Crippen molar-refractivity contribution in [1.29, 1.82) is 0 Å². The number of allylic oxidation sites excluding steroid dienone is 2. The average molecular weight is 276 g/mol. The first-order valence-electron chi connectivity index (χ1n) is 7.73. The van der Waals surface area contributed by atoms with E-state index in [0.717, 1.165) is 0 Å². The van der Waals surface area contributed by atoms with E-state index in [1.165, 1.54) is 44.5 Å². The van der Waals surface area contributed by atoms with Gasteiger partial charge in [0.2, 0.25) is 0 Å². The zero-order chi connectivity index (χ0) is 15.4. The molecule has 108 valence electrons. The second-order valence-corrected chi connectivity index (χ2v) is 7.01. The van der Waals surface area contributed by atoms with Gasteiger partial charge in [-0.15, -0.1) is 0 Å². The first-order valence-corrected chi connectivity index (χ1v) is 7.73. The molecule has 0 aromatic heterocycles. The summed E-state index contributed by atoms with van der Waals surface area (Å²) >= 11 is 0. The van der Waals surface area contributed by atoms with E-state index in [-0.39, 0.29) is 5.41 Å². The van der Waals surface area contributed by atoms with Crippen LogP contribution in [0.25, 0.3) is 16.7 Å². The minimum absolute atomic E-state index is 0.105. The SMILES string of the molecule is CC(C)=C(C)c1cc2c(cc1C)C(C)(C)c1ccccc1-2. The van der Waals surface area contributed by atoms with E-state index in [1.54, 1.807) is 0 Å². The summed E-state index contributed by atoms with van der Waals surface area (Å²) in [6, 6.07) is 13.6. The molecule has 0 nitrogen and oxygen atoms in total. The summed E-state index contributed by atoms with van der Waals surface area (Å²) in [5.41, 5.74) is 11.4. The normalized spacial score (nSPS) is 14.6. The van der Waals surface area contributed by atoms with E-state index >= 15 is 0 Å². The van der Waals surface area contributed by atoms with Crippen LogP contribution < -0.4 is 0 Å². The maximum Gasteiger partial charge on any atom is 0.0158 e. The fraction of sp³-hybridized carbons (Fsp3) is 0.333. The molecule has 0 aliphatic heterocycles. The van der Waals surface area contributed by atoms with Crippen molar-refractivity contribution < 1.29 is 0 Å². The Morgan fingerprint density at radius 1 is 0.857 bits per heavy atom. The van der Waals surface area contributed by atoms with Crippen LogP contribution in [0.15, 0.2) is 42.0 Å². The molecule has 0 bridgehead atoms. The third-order valence-electron chi connectivity index (χ3n) is 5.08. The maximum atomic E-state index is 2.40. The Hall–Kier alpha value is -1.82. The fourth-order valence-electron chi connectivity index (χ4n) is 3.53. The van der Waals surface area contributed by atoms with Crippen LogP contribution in [0.2, 0.25) is 0 Å². The molecular formula is C21H24. The van der Waals surface area contributed by atoms with E-state index in [4.69, 9.17) is 0 Å². The summed E-state index contributed by atoms with van der Waals surface area (Å²) in [7, 11) is 0. The van der Waals surface area contributed by atoms with Crippen molar-refractivity contribution in [2.75, 3.05) is 0 Å². The molecule has 0 atom stereocenters. The lowest BCUT2D eigenvalue weighted by Crippen LogP contribution is -2.15. The van der Waals surface area contributed by atoms with Crippen LogP contribution in [-0.2, 0) is 5.41 Å². The van der Waals surface area contributed by atoms with Gasteiger partial charge in [-0.1, -0.05) is 49.8 Å². The van der Waals surface area contributed by atoms with E-state index in [2.05, 4.69) is 77.9 Å². The zero-order valence-corrected chi connectivity index (χ0v) is 14.0. The molecule has 0 amide bonds. The molecule has 0 heteroatoms. The lowest BCUT2D eigenvalue weighted by Gasteiger charge is -2.22. The molecule has 0 N–H and O–H groups in total. The largest absolute Gasteiger partial charge is 0.0729 e. The second kappa shape index (κ2) is 4.59. The minimum Gasteiger partial charge on any atom is -0.0729 e. The molecule has 0 spiro atoms. The van der Waals surface area contributed by atoms with Crippen LogP contribution in [-0.4, -0.2) is 0 Å². The predicted octanol–water partition coefficient (Wildman–Crippen LogP) is 6.11. The van der Waals surface area contributed by atoms with Crippen molar-refractivity contribution in [1.82, 2.24) is 0 Å². The molecule has 0 saturated heterocycles. The third kappa shape index (κ3) is 1.97. The standard InChI is InChI=1S/C21H24/c1-13(2)15(4)17-12-18-16-9-7-8-10-19(16)21(5,6)20(18)11-14(17)3/h7-12H,1-6H3.